The highest BCUT2D eigenvalue weighted by Crippen LogP contribution is 2.36. The van der Waals surface area contributed by atoms with Gasteiger partial charge >= 0.3 is 0 Å². The van der Waals surface area contributed by atoms with Crippen LogP contribution in [0.3, 0.4) is 0 Å². The molecule has 2 nitrogen and oxygen atoms in total. The normalized spacial score (nSPS) is 34.8. The van der Waals surface area contributed by atoms with Gasteiger partial charge in [-0.3, -0.25) is 0 Å². The van der Waals surface area contributed by atoms with Crippen LogP contribution in [0.15, 0.2) is 0 Å². The Bertz CT molecular complexity index is 143. The topological polar surface area (TPSA) is 29.5 Å². The van der Waals surface area contributed by atoms with Crippen molar-refractivity contribution in [2.24, 2.45) is 5.92 Å². The van der Waals surface area contributed by atoms with Crippen molar-refractivity contribution in [2.45, 2.75) is 51.0 Å². The molecule has 0 aromatic rings. The third kappa shape index (κ3) is 3.28. The smallest absolute Gasteiger partial charge is 0.0647 e. The molecular weight excluding hydrogens is 164 g/mol. The second kappa shape index (κ2) is 4.97. The molecule has 0 radical (unpaired) electrons. The summed E-state index contributed by atoms with van der Waals surface area (Å²) in [6.07, 6.45) is 6.83. The monoisotopic (exact) mass is 186 g/mol. The van der Waals surface area contributed by atoms with Crippen molar-refractivity contribution in [1.29, 1.82) is 0 Å². The van der Waals surface area contributed by atoms with Gasteiger partial charge in [0.05, 0.1) is 5.60 Å². The molecular formula is C11H22O2. The summed E-state index contributed by atoms with van der Waals surface area (Å²) in [5.74, 6) is 0.497. The van der Waals surface area contributed by atoms with Crippen LogP contribution in [-0.2, 0) is 4.74 Å². The van der Waals surface area contributed by atoms with Gasteiger partial charge in [-0.2, -0.15) is 0 Å². The number of aliphatic hydroxyl groups is 1. The lowest BCUT2D eigenvalue weighted by atomic mass is 9.74. The summed E-state index contributed by atoms with van der Waals surface area (Å²) in [7, 11) is 1.74. The summed E-state index contributed by atoms with van der Waals surface area (Å²) in [6, 6.07) is 0. The van der Waals surface area contributed by atoms with Gasteiger partial charge in [-0.15, -0.1) is 0 Å². The summed E-state index contributed by atoms with van der Waals surface area (Å²) in [4.78, 5) is 0. The number of hydrogen-bond acceptors (Lipinski definition) is 2. The lowest BCUT2D eigenvalue weighted by Crippen LogP contribution is -2.37. The molecule has 1 N–H and O–H groups in total. The van der Waals surface area contributed by atoms with Gasteiger partial charge in [0, 0.05) is 13.7 Å². The molecule has 0 heterocycles. The molecule has 0 aromatic carbocycles. The van der Waals surface area contributed by atoms with Gasteiger partial charge in [0.2, 0.25) is 0 Å². The van der Waals surface area contributed by atoms with E-state index < -0.39 is 5.60 Å². The van der Waals surface area contributed by atoms with Gasteiger partial charge in [0.1, 0.15) is 0 Å². The molecule has 0 aromatic heterocycles. The average molecular weight is 186 g/mol. The van der Waals surface area contributed by atoms with Crippen molar-refractivity contribution in [1.82, 2.24) is 0 Å². The van der Waals surface area contributed by atoms with Gasteiger partial charge in [-0.1, -0.05) is 12.8 Å². The van der Waals surface area contributed by atoms with E-state index in [-0.39, 0.29) is 0 Å². The zero-order valence-electron chi connectivity index (χ0n) is 8.88. The molecule has 1 aliphatic rings. The van der Waals surface area contributed by atoms with E-state index in [1.165, 1.54) is 19.3 Å². The molecule has 1 aliphatic carbocycles. The first kappa shape index (κ1) is 11.0. The maximum Gasteiger partial charge on any atom is 0.0647 e. The third-order valence-corrected chi connectivity index (χ3v) is 3.27. The Labute approximate surface area is 81.3 Å². The maximum atomic E-state index is 10.1. The zero-order chi connectivity index (χ0) is 9.73. The molecule has 0 amide bonds. The lowest BCUT2D eigenvalue weighted by Gasteiger charge is -2.37. The van der Waals surface area contributed by atoms with Crippen LogP contribution in [0.5, 0.6) is 0 Å². The minimum atomic E-state index is -0.411. The minimum Gasteiger partial charge on any atom is -0.390 e. The number of methoxy groups -OCH3 is 1. The fourth-order valence-electron chi connectivity index (χ4n) is 2.32. The minimum absolute atomic E-state index is 0.411. The molecule has 13 heavy (non-hydrogen) atoms. The van der Waals surface area contributed by atoms with Gasteiger partial charge in [-0.25, -0.2) is 0 Å². The second-order valence-corrected chi connectivity index (χ2v) is 4.43. The molecule has 2 unspecified atom stereocenters. The number of ether oxygens (including phenoxy) is 1. The van der Waals surface area contributed by atoms with Crippen molar-refractivity contribution in [3.05, 3.63) is 0 Å². The van der Waals surface area contributed by atoms with Crippen LogP contribution < -0.4 is 0 Å². The quantitative estimate of drug-likeness (QED) is 0.683. The second-order valence-electron chi connectivity index (χ2n) is 4.43. The molecule has 1 saturated carbocycles. The summed E-state index contributed by atoms with van der Waals surface area (Å²) in [6.45, 7) is 2.82. The largest absolute Gasteiger partial charge is 0.390 e. The Balaban J connectivity index is 2.29. The Morgan fingerprint density at radius 3 is 2.85 bits per heavy atom. The van der Waals surface area contributed by atoms with Crippen LogP contribution in [0.2, 0.25) is 0 Å². The Morgan fingerprint density at radius 2 is 2.23 bits per heavy atom. The molecule has 78 valence electrons. The molecule has 2 heteroatoms. The zero-order valence-corrected chi connectivity index (χ0v) is 8.88. The van der Waals surface area contributed by atoms with Crippen LogP contribution in [0.1, 0.15) is 45.4 Å². The van der Waals surface area contributed by atoms with Crippen molar-refractivity contribution >= 4 is 0 Å². The Hall–Kier alpha value is -0.0800. The van der Waals surface area contributed by atoms with Gasteiger partial charge < -0.3 is 9.84 Å². The van der Waals surface area contributed by atoms with Crippen LogP contribution in [0.4, 0.5) is 0 Å². The molecule has 0 spiro atoms. The Morgan fingerprint density at radius 1 is 1.46 bits per heavy atom. The highest BCUT2D eigenvalue weighted by Gasteiger charge is 2.33. The van der Waals surface area contributed by atoms with Crippen LogP contribution in [0, 0.1) is 5.92 Å². The lowest BCUT2D eigenvalue weighted by molar-refractivity contribution is -0.0372. The summed E-state index contributed by atoms with van der Waals surface area (Å²) in [5, 5.41) is 10.1. The predicted molar refractivity (Wildman–Crippen MR) is 53.7 cm³/mol. The van der Waals surface area contributed by atoms with E-state index in [9.17, 15) is 5.11 Å². The van der Waals surface area contributed by atoms with Crippen molar-refractivity contribution in [3.8, 4) is 0 Å². The van der Waals surface area contributed by atoms with Crippen LogP contribution >= 0.6 is 0 Å². The highest BCUT2D eigenvalue weighted by atomic mass is 16.5. The first-order valence-electron chi connectivity index (χ1n) is 5.38. The average Bonchev–Trinajstić information content (AvgIpc) is 2.08. The first-order valence-corrected chi connectivity index (χ1v) is 5.38. The predicted octanol–water partition coefficient (Wildman–Crippen LogP) is 2.35. The van der Waals surface area contributed by atoms with E-state index in [1.807, 2.05) is 6.92 Å². The van der Waals surface area contributed by atoms with E-state index in [1.54, 1.807) is 7.11 Å². The van der Waals surface area contributed by atoms with Gasteiger partial charge in [-0.05, 0) is 38.5 Å². The van der Waals surface area contributed by atoms with Crippen LogP contribution in [-0.4, -0.2) is 24.4 Å². The fraction of sp³-hybridized carbons (Fsp3) is 1.00. The molecule has 0 bridgehead atoms. The van der Waals surface area contributed by atoms with E-state index in [4.69, 9.17) is 4.74 Å². The van der Waals surface area contributed by atoms with Crippen molar-refractivity contribution < 1.29 is 9.84 Å². The number of rotatable bonds is 4. The maximum absolute atomic E-state index is 10.1. The van der Waals surface area contributed by atoms with E-state index in [0.29, 0.717) is 5.92 Å². The molecule has 2 atom stereocenters. The third-order valence-electron chi connectivity index (χ3n) is 3.27. The first-order chi connectivity index (χ1) is 6.17. The number of hydrogen-bond donors (Lipinski definition) is 1. The van der Waals surface area contributed by atoms with Crippen LogP contribution in [0.25, 0.3) is 0 Å². The summed E-state index contributed by atoms with van der Waals surface area (Å²) in [5.41, 5.74) is -0.411. The fourth-order valence-corrected chi connectivity index (χ4v) is 2.32. The summed E-state index contributed by atoms with van der Waals surface area (Å²) < 4.78 is 5.02. The van der Waals surface area contributed by atoms with Gasteiger partial charge in [0.15, 0.2) is 0 Å². The van der Waals surface area contributed by atoms with E-state index in [0.717, 1.165) is 25.9 Å². The molecule has 1 rings (SSSR count). The van der Waals surface area contributed by atoms with Crippen molar-refractivity contribution in [2.75, 3.05) is 13.7 Å². The van der Waals surface area contributed by atoms with E-state index >= 15 is 0 Å². The molecule has 0 saturated heterocycles. The highest BCUT2D eigenvalue weighted by molar-refractivity contribution is 4.85. The van der Waals surface area contributed by atoms with Gasteiger partial charge in [0.25, 0.3) is 0 Å². The summed E-state index contributed by atoms with van der Waals surface area (Å²) >= 11 is 0. The Kier molecular flexibility index (Phi) is 4.20. The molecule has 0 aliphatic heterocycles. The standard InChI is InChI=1S/C11H22O2/c1-11(12)8-4-3-6-10(11)7-5-9-13-2/h10,12H,3-9H2,1-2H3. The van der Waals surface area contributed by atoms with E-state index in [2.05, 4.69) is 0 Å². The molecule has 1 fully saturated rings. The SMILES string of the molecule is COCCCC1CCCCC1(C)O. The van der Waals surface area contributed by atoms with Crippen molar-refractivity contribution in [3.63, 3.8) is 0 Å².